The molecule has 2 heterocycles. The van der Waals surface area contributed by atoms with E-state index in [4.69, 9.17) is 33.2 Å². The molecule has 1 aliphatic carbocycles. The van der Waals surface area contributed by atoms with Gasteiger partial charge in [-0.05, 0) is 23.3 Å². The van der Waals surface area contributed by atoms with Gasteiger partial charge < -0.3 is 58.7 Å². The molecule has 3 aromatic rings. The standard InChI is InChI=1S/C33H36O13/c1-40-19-11-9-18(10-12-19)33-26(17-7-5-4-6-8-17)25(29(37)38)28(36)32(33,39)27-22(41-2)13-20(14-23(27)46-33)44-31-30(42-3)43-16-24(45-31)21(35)15-34/h4-14,21,24-26,28,30-31,34-36,39H,15-16H2,1-3H3,(H,37,38)/t21?,24-,25-,26-,28-,30-,31-,32+,33+/m1/s1. The van der Waals surface area contributed by atoms with Crippen molar-refractivity contribution in [1.29, 1.82) is 0 Å². The third-order valence-corrected chi connectivity index (χ3v) is 9.06. The molecule has 246 valence electrons. The zero-order chi connectivity index (χ0) is 32.8. The minimum atomic E-state index is -2.33. The number of ether oxygens (including phenoxy) is 7. The first-order chi connectivity index (χ1) is 22.1. The van der Waals surface area contributed by atoms with Crippen LogP contribution in [0.25, 0.3) is 0 Å². The summed E-state index contributed by atoms with van der Waals surface area (Å²) in [7, 11) is 4.25. The van der Waals surface area contributed by atoms with Crippen molar-refractivity contribution in [3.8, 4) is 23.0 Å². The highest BCUT2D eigenvalue weighted by molar-refractivity contribution is 5.77. The second kappa shape index (κ2) is 12.3. The lowest BCUT2D eigenvalue weighted by atomic mass is 9.70. The van der Waals surface area contributed by atoms with Gasteiger partial charge in [0.1, 0.15) is 41.3 Å². The van der Waals surface area contributed by atoms with E-state index in [1.807, 2.05) is 0 Å². The fourth-order valence-electron chi connectivity index (χ4n) is 6.99. The number of rotatable bonds is 10. The molecule has 0 bridgehead atoms. The van der Waals surface area contributed by atoms with Crippen molar-refractivity contribution >= 4 is 5.97 Å². The van der Waals surface area contributed by atoms with Crippen LogP contribution in [0.15, 0.2) is 66.7 Å². The largest absolute Gasteiger partial charge is 0.497 e. The van der Waals surface area contributed by atoms with Crippen LogP contribution >= 0.6 is 0 Å². The number of benzene rings is 3. The maximum Gasteiger partial charge on any atom is 0.310 e. The number of hydrogen-bond acceptors (Lipinski definition) is 12. The number of aliphatic hydroxyl groups excluding tert-OH is 3. The van der Waals surface area contributed by atoms with E-state index in [1.165, 1.54) is 33.5 Å². The molecule has 0 spiro atoms. The Bertz CT molecular complexity index is 1550. The van der Waals surface area contributed by atoms with Gasteiger partial charge in [-0.3, -0.25) is 4.79 Å². The number of carboxylic acid groups (broad SMARTS) is 1. The molecule has 0 radical (unpaired) electrons. The van der Waals surface area contributed by atoms with Crippen LogP contribution in [0.2, 0.25) is 0 Å². The Morgan fingerprint density at radius 1 is 1.00 bits per heavy atom. The third kappa shape index (κ3) is 4.78. The molecule has 6 rings (SSSR count). The van der Waals surface area contributed by atoms with Crippen LogP contribution < -0.4 is 18.9 Å². The number of hydrogen-bond donors (Lipinski definition) is 5. The van der Waals surface area contributed by atoms with Gasteiger partial charge in [0.2, 0.25) is 6.29 Å². The van der Waals surface area contributed by atoms with Crippen LogP contribution in [-0.4, -0.2) is 96.9 Å². The lowest BCUT2D eigenvalue weighted by Gasteiger charge is -2.40. The summed E-state index contributed by atoms with van der Waals surface area (Å²) in [6, 6.07) is 18.3. The number of methoxy groups -OCH3 is 3. The molecule has 1 saturated carbocycles. The minimum Gasteiger partial charge on any atom is -0.497 e. The van der Waals surface area contributed by atoms with E-state index in [0.29, 0.717) is 16.9 Å². The Labute approximate surface area is 264 Å². The highest BCUT2D eigenvalue weighted by Crippen LogP contribution is 2.70. The topological polar surface area (TPSA) is 183 Å². The molecule has 2 fully saturated rings. The number of carbonyl (C=O) groups is 1. The lowest BCUT2D eigenvalue weighted by Crippen LogP contribution is -2.52. The van der Waals surface area contributed by atoms with Crippen LogP contribution in [0, 0.1) is 5.92 Å². The second-order valence-corrected chi connectivity index (χ2v) is 11.4. The van der Waals surface area contributed by atoms with E-state index >= 15 is 0 Å². The summed E-state index contributed by atoms with van der Waals surface area (Å²) in [5.74, 6) is -3.15. The summed E-state index contributed by atoms with van der Waals surface area (Å²) in [6.07, 6.45) is -6.21. The second-order valence-electron chi connectivity index (χ2n) is 11.4. The molecule has 5 N–H and O–H groups in total. The first-order valence-corrected chi connectivity index (χ1v) is 14.6. The Morgan fingerprint density at radius 2 is 1.72 bits per heavy atom. The zero-order valence-corrected chi connectivity index (χ0v) is 25.3. The van der Waals surface area contributed by atoms with Crippen LogP contribution in [0.5, 0.6) is 23.0 Å². The van der Waals surface area contributed by atoms with E-state index in [-0.39, 0.29) is 29.4 Å². The van der Waals surface area contributed by atoms with Crippen molar-refractivity contribution in [3.63, 3.8) is 0 Å². The first kappa shape index (κ1) is 32.0. The van der Waals surface area contributed by atoms with Gasteiger partial charge in [0.15, 0.2) is 11.2 Å². The average Bonchev–Trinajstić information content (AvgIpc) is 3.46. The SMILES string of the molecule is COc1ccc([C@@]23Oc4cc(O[C@@H]5O[C@@H](C(O)CO)CO[C@H]5OC)cc(OC)c4[C@]2(O)[C@H](O)[C@H](C(=O)O)[C@H]3c2ccccc2)cc1. The zero-order valence-electron chi connectivity index (χ0n) is 25.3. The Morgan fingerprint density at radius 3 is 2.33 bits per heavy atom. The molecule has 46 heavy (non-hydrogen) atoms. The van der Waals surface area contributed by atoms with Crippen molar-refractivity contribution in [2.24, 2.45) is 5.92 Å². The van der Waals surface area contributed by atoms with Gasteiger partial charge >= 0.3 is 5.97 Å². The molecule has 1 saturated heterocycles. The average molecular weight is 641 g/mol. The summed E-state index contributed by atoms with van der Waals surface area (Å²) in [6.45, 7) is -0.620. The number of aliphatic carboxylic acids is 1. The van der Waals surface area contributed by atoms with E-state index in [0.717, 1.165) is 0 Å². The van der Waals surface area contributed by atoms with Crippen LogP contribution in [-0.2, 0) is 30.2 Å². The van der Waals surface area contributed by atoms with E-state index in [1.54, 1.807) is 54.6 Å². The summed E-state index contributed by atoms with van der Waals surface area (Å²) in [5, 5.41) is 54.8. The molecule has 1 unspecified atom stereocenters. The van der Waals surface area contributed by atoms with Gasteiger partial charge in [-0.2, -0.15) is 0 Å². The van der Waals surface area contributed by atoms with Gasteiger partial charge in [-0.25, -0.2) is 0 Å². The number of aliphatic hydroxyl groups is 4. The van der Waals surface area contributed by atoms with E-state index in [9.17, 15) is 30.3 Å². The van der Waals surface area contributed by atoms with Crippen LogP contribution in [0.3, 0.4) is 0 Å². The Balaban J connectivity index is 1.52. The molecular formula is C33H36O13. The summed E-state index contributed by atoms with van der Waals surface area (Å²) in [5.41, 5.74) is -3.26. The molecular weight excluding hydrogens is 604 g/mol. The summed E-state index contributed by atoms with van der Waals surface area (Å²) in [4.78, 5) is 12.9. The summed E-state index contributed by atoms with van der Waals surface area (Å²) >= 11 is 0. The fraction of sp³-hybridized carbons (Fsp3) is 0.424. The van der Waals surface area contributed by atoms with E-state index in [2.05, 4.69) is 0 Å². The molecule has 0 aromatic heterocycles. The highest BCUT2D eigenvalue weighted by Gasteiger charge is 2.78. The third-order valence-electron chi connectivity index (χ3n) is 9.06. The van der Waals surface area contributed by atoms with Crippen molar-refractivity contribution < 1.29 is 63.5 Å². The van der Waals surface area contributed by atoms with Crippen molar-refractivity contribution in [1.82, 2.24) is 0 Å². The predicted molar refractivity (Wildman–Crippen MR) is 158 cm³/mol. The number of fused-ring (bicyclic) bond motifs is 3. The van der Waals surface area contributed by atoms with Crippen molar-refractivity contribution in [3.05, 3.63) is 83.4 Å². The van der Waals surface area contributed by atoms with Crippen molar-refractivity contribution in [2.45, 2.75) is 48.0 Å². The maximum absolute atomic E-state index is 12.9. The fourth-order valence-corrected chi connectivity index (χ4v) is 6.99. The lowest BCUT2D eigenvalue weighted by molar-refractivity contribution is -0.324. The molecule has 3 aliphatic rings. The molecule has 13 heteroatoms. The molecule has 9 atom stereocenters. The quantitative estimate of drug-likeness (QED) is 0.215. The number of carboxylic acids is 1. The molecule has 2 aliphatic heterocycles. The summed E-state index contributed by atoms with van der Waals surface area (Å²) < 4.78 is 40.7. The predicted octanol–water partition coefficient (Wildman–Crippen LogP) is 1.48. The van der Waals surface area contributed by atoms with Gasteiger partial charge in [0.25, 0.3) is 6.29 Å². The van der Waals surface area contributed by atoms with Gasteiger partial charge in [0, 0.05) is 25.2 Å². The monoisotopic (exact) mass is 640 g/mol. The maximum atomic E-state index is 12.9. The van der Waals surface area contributed by atoms with Gasteiger partial charge in [0.05, 0.1) is 38.9 Å². The Hall–Kier alpha value is -3.95. The minimum absolute atomic E-state index is 0.0352. The molecule has 13 nitrogen and oxygen atoms in total. The van der Waals surface area contributed by atoms with Crippen LogP contribution in [0.4, 0.5) is 0 Å². The Kier molecular flexibility index (Phi) is 8.59. The molecule has 0 amide bonds. The van der Waals surface area contributed by atoms with Crippen molar-refractivity contribution in [2.75, 3.05) is 34.5 Å². The smallest absolute Gasteiger partial charge is 0.310 e. The first-order valence-electron chi connectivity index (χ1n) is 14.6. The normalized spacial score (nSPS) is 32.2. The van der Waals surface area contributed by atoms with Gasteiger partial charge in [-0.1, -0.05) is 42.5 Å². The van der Waals surface area contributed by atoms with Gasteiger partial charge in [-0.15, -0.1) is 0 Å². The van der Waals surface area contributed by atoms with Crippen LogP contribution in [0.1, 0.15) is 22.6 Å². The highest BCUT2D eigenvalue weighted by atomic mass is 16.8. The van der Waals surface area contributed by atoms with E-state index < -0.39 is 66.5 Å². The molecule has 3 aromatic carbocycles.